The molecule has 0 saturated carbocycles. The van der Waals surface area contributed by atoms with Crippen molar-refractivity contribution < 1.29 is 14.8 Å². The van der Waals surface area contributed by atoms with Crippen LogP contribution < -0.4 is 4.90 Å². The Morgan fingerprint density at radius 1 is 0.929 bits per heavy atom. The van der Waals surface area contributed by atoms with Crippen molar-refractivity contribution in [3.05, 3.63) is 76.3 Å². The fourth-order valence-electron chi connectivity index (χ4n) is 3.55. The lowest BCUT2D eigenvalue weighted by Crippen LogP contribution is -2.48. The second kappa shape index (κ2) is 7.19. The molecule has 0 atom stereocenters. The van der Waals surface area contributed by atoms with E-state index < -0.39 is 4.92 Å². The smallest absolute Gasteiger partial charge is 0.269 e. The third kappa shape index (κ3) is 3.22. The predicted molar refractivity (Wildman–Crippen MR) is 107 cm³/mol. The number of nitro benzene ring substituents is 1. The molecular weight excluding hydrogens is 358 g/mol. The molecule has 0 unspecified atom stereocenters. The van der Waals surface area contributed by atoms with Crippen LogP contribution in [-0.4, -0.2) is 47.0 Å². The Morgan fingerprint density at radius 3 is 2.29 bits per heavy atom. The number of benzene rings is 3. The van der Waals surface area contributed by atoms with Crippen LogP contribution >= 0.6 is 0 Å². The van der Waals surface area contributed by atoms with E-state index in [0.717, 1.165) is 11.1 Å². The van der Waals surface area contributed by atoms with E-state index in [9.17, 15) is 20.0 Å². The molecule has 1 N–H and O–H groups in total. The number of nitro groups is 1. The number of fused-ring (bicyclic) bond motifs is 1. The van der Waals surface area contributed by atoms with E-state index in [1.165, 1.54) is 12.1 Å². The molecule has 142 valence electrons. The molecule has 1 heterocycles. The van der Waals surface area contributed by atoms with Crippen LogP contribution in [0.4, 0.5) is 11.4 Å². The highest BCUT2D eigenvalue weighted by Gasteiger charge is 2.25. The summed E-state index contributed by atoms with van der Waals surface area (Å²) in [5.74, 6) is -0.174. The van der Waals surface area contributed by atoms with Gasteiger partial charge in [0.1, 0.15) is 5.75 Å². The Hall–Kier alpha value is -3.61. The third-order valence-electron chi connectivity index (χ3n) is 5.12. The minimum absolute atomic E-state index is 0.0147. The summed E-state index contributed by atoms with van der Waals surface area (Å²) >= 11 is 0. The molecule has 1 aliphatic rings. The second-order valence-corrected chi connectivity index (χ2v) is 6.74. The van der Waals surface area contributed by atoms with Gasteiger partial charge in [-0.2, -0.15) is 0 Å². The second-order valence-electron chi connectivity index (χ2n) is 6.74. The summed E-state index contributed by atoms with van der Waals surface area (Å²) in [6.45, 7) is 2.28. The first kappa shape index (κ1) is 17.8. The number of hydrogen-bond donors (Lipinski definition) is 1. The monoisotopic (exact) mass is 377 g/mol. The number of piperazine rings is 1. The number of rotatable bonds is 3. The fraction of sp³-hybridized carbons (Fsp3) is 0.190. The largest absolute Gasteiger partial charge is 0.506 e. The highest BCUT2D eigenvalue weighted by Crippen LogP contribution is 2.30. The highest BCUT2D eigenvalue weighted by atomic mass is 16.6. The van der Waals surface area contributed by atoms with Gasteiger partial charge in [-0.05, 0) is 23.6 Å². The van der Waals surface area contributed by atoms with Crippen molar-refractivity contribution in [1.29, 1.82) is 0 Å². The Bertz CT molecular complexity index is 1040. The molecule has 1 saturated heterocycles. The summed E-state index contributed by atoms with van der Waals surface area (Å²) in [6, 6.07) is 17.4. The first-order valence-electron chi connectivity index (χ1n) is 9.04. The maximum atomic E-state index is 12.9. The maximum absolute atomic E-state index is 12.9. The SMILES string of the molecule is O=C(c1ccc2ccccc2c1O)N1CCN(c2ccc([N+](=O)[O-])cc2)CC1. The number of phenolic OH excluding ortho intramolecular Hbond substituents is 1. The summed E-state index contributed by atoms with van der Waals surface area (Å²) in [7, 11) is 0. The molecule has 1 fully saturated rings. The van der Waals surface area contributed by atoms with Crippen LogP contribution in [0.2, 0.25) is 0 Å². The maximum Gasteiger partial charge on any atom is 0.269 e. The van der Waals surface area contributed by atoms with Crippen LogP contribution in [0, 0.1) is 10.1 Å². The number of amides is 1. The molecular formula is C21H19N3O4. The molecule has 0 aliphatic carbocycles. The van der Waals surface area contributed by atoms with Crippen LogP contribution in [0.5, 0.6) is 5.75 Å². The molecule has 4 rings (SSSR count). The van der Waals surface area contributed by atoms with Crippen molar-refractivity contribution in [3.63, 3.8) is 0 Å². The van der Waals surface area contributed by atoms with Crippen LogP contribution in [0.1, 0.15) is 10.4 Å². The lowest BCUT2D eigenvalue weighted by molar-refractivity contribution is -0.384. The van der Waals surface area contributed by atoms with E-state index in [1.807, 2.05) is 24.3 Å². The highest BCUT2D eigenvalue weighted by molar-refractivity contribution is 6.03. The number of nitrogens with zero attached hydrogens (tertiary/aromatic N) is 3. The zero-order valence-electron chi connectivity index (χ0n) is 15.1. The summed E-state index contributed by atoms with van der Waals surface area (Å²) in [5, 5.41) is 22.9. The minimum atomic E-state index is -0.420. The zero-order chi connectivity index (χ0) is 19.7. The van der Waals surface area contributed by atoms with Gasteiger partial charge in [0.25, 0.3) is 11.6 Å². The van der Waals surface area contributed by atoms with Crippen molar-refractivity contribution in [1.82, 2.24) is 4.90 Å². The summed E-state index contributed by atoms with van der Waals surface area (Å²) in [6.07, 6.45) is 0. The van der Waals surface area contributed by atoms with Crippen molar-refractivity contribution in [3.8, 4) is 5.75 Å². The molecule has 3 aromatic carbocycles. The van der Waals surface area contributed by atoms with Gasteiger partial charge in [0.05, 0.1) is 10.5 Å². The summed E-state index contributed by atoms with van der Waals surface area (Å²) in [4.78, 5) is 27.1. The molecule has 0 radical (unpaired) electrons. The van der Waals surface area contributed by atoms with Gasteiger partial charge in [-0.25, -0.2) is 0 Å². The predicted octanol–water partition coefficient (Wildman–Crippen LogP) is 3.42. The zero-order valence-corrected chi connectivity index (χ0v) is 15.1. The van der Waals surface area contributed by atoms with Crippen molar-refractivity contribution in [2.45, 2.75) is 0 Å². The van der Waals surface area contributed by atoms with Gasteiger partial charge >= 0.3 is 0 Å². The number of anilines is 1. The van der Waals surface area contributed by atoms with E-state index >= 15 is 0 Å². The fourth-order valence-corrected chi connectivity index (χ4v) is 3.55. The van der Waals surface area contributed by atoms with Crippen LogP contribution in [0.3, 0.4) is 0 Å². The molecule has 3 aromatic rings. The Balaban J connectivity index is 1.47. The number of phenols is 1. The number of non-ortho nitro benzene ring substituents is 1. The standard InChI is InChI=1S/C21H19N3O4/c25-20-18-4-2-1-3-15(18)5-10-19(20)21(26)23-13-11-22(12-14-23)16-6-8-17(9-7-16)24(27)28/h1-10,25H,11-14H2. The van der Waals surface area contributed by atoms with E-state index in [2.05, 4.69) is 4.90 Å². The van der Waals surface area contributed by atoms with Gasteiger partial charge < -0.3 is 14.9 Å². The van der Waals surface area contributed by atoms with Gasteiger partial charge in [-0.3, -0.25) is 14.9 Å². The third-order valence-corrected chi connectivity index (χ3v) is 5.12. The van der Waals surface area contributed by atoms with Crippen LogP contribution in [0.15, 0.2) is 60.7 Å². The molecule has 7 heteroatoms. The van der Waals surface area contributed by atoms with Crippen LogP contribution in [-0.2, 0) is 0 Å². The Kier molecular flexibility index (Phi) is 4.57. The van der Waals surface area contributed by atoms with Gasteiger partial charge in [-0.1, -0.05) is 30.3 Å². The molecule has 28 heavy (non-hydrogen) atoms. The molecule has 7 nitrogen and oxygen atoms in total. The van der Waals surface area contributed by atoms with Crippen molar-refractivity contribution in [2.24, 2.45) is 0 Å². The number of aromatic hydroxyl groups is 1. The number of carbonyl (C=O) groups excluding carboxylic acids is 1. The van der Waals surface area contributed by atoms with E-state index in [-0.39, 0.29) is 17.3 Å². The van der Waals surface area contributed by atoms with E-state index in [4.69, 9.17) is 0 Å². The van der Waals surface area contributed by atoms with E-state index in [1.54, 1.807) is 29.2 Å². The summed E-state index contributed by atoms with van der Waals surface area (Å²) in [5.41, 5.74) is 1.26. The summed E-state index contributed by atoms with van der Waals surface area (Å²) < 4.78 is 0. The molecule has 0 spiro atoms. The molecule has 1 amide bonds. The lowest BCUT2D eigenvalue weighted by atomic mass is 10.0. The van der Waals surface area contributed by atoms with Gasteiger partial charge in [0, 0.05) is 49.4 Å². The molecule has 0 aromatic heterocycles. The van der Waals surface area contributed by atoms with E-state index in [0.29, 0.717) is 37.1 Å². The quantitative estimate of drug-likeness (QED) is 0.558. The number of hydrogen-bond acceptors (Lipinski definition) is 5. The van der Waals surface area contributed by atoms with Gasteiger partial charge in [0.15, 0.2) is 0 Å². The first-order valence-corrected chi connectivity index (χ1v) is 9.04. The minimum Gasteiger partial charge on any atom is -0.506 e. The average molecular weight is 377 g/mol. The van der Waals surface area contributed by atoms with Crippen molar-refractivity contribution >= 4 is 28.1 Å². The van der Waals surface area contributed by atoms with Crippen LogP contribution in [0.25, 0.3) is 10.8 Å². The average Bonchev–Trinajstić information content (AvgIpc) is 2.74. The molecule has 0 bridgehead atoms. The Morgan fingerprint density at radius 2 is 1.61 bits per heavy atom. The topological polar surface area (TPSA) is 86.9 Å². The van der Waals surface area contributed by atoms with Gasteiger partial charge in [0.2, 0.25) is 0 Å². The van der Waals surface area contributed by atoms with Gasteiger partial charge in [-0.15, -0.1) is 0 Å². The first-order chi connectivity index (χ1) is 13.5. The van der Waals surface area contributed by atoms with Crippen molar-refractivity contribution in [2.75, 3.05) is 31.1 Å². The number of carbonyl (C=O) groups is 1. The Labute approximate surface area is 161 Å². The molecule has 1 aliphatic heterocycles. The lowest BCUT2D eigenvalue weighted by Gasteiger charge is -2.36. The normalized spacial score (nSPS) is 14.3.